The van der Waals surface area contributed by atoms with Crippen molar-refractivity contribution < 1.29 is 0 Å². The Morgan fingerprint density at radius 1 is 0.895 bits per heavy atom. The summed E-state index contributed by atoms with van der Waals surface area (Å²) in [6, 6.07) is 17.7. The first-order valence-electron chi connectivity index (χ1n) is 7.19. The van der Waals surface area contributed by atoms with E-state index >= 15 is 0 Å². The van der Waals surface area contributed by atoms with E-state index in [-0.39, 0.29) is 0 Å². The third-order valence-corrected chi connectivity index (χ3v) is 3.88. The molecule has 1 heterocycles. The van der Waals surface area contributed by atoms with Gasteiger partial charge >= 0.3 is 0 Å². The molecular formula is C18H21N. The Labute approximate surface area is 115 Å². The van der Waals surface area contributed by atoms with Gasteiger partial charge in [-0.05, 0) is 55.6 Å². The molecule has 1 saturated heterocycles. The van der Waals surface area contributed by atoms with Crippen LogP contribution in [-0.4, -0.2) is 18.0 Å². The zero-order valence-corrected chi connectivity index (χ0v) is 11.6. The van der Waals surface area contributed by atoms with Gasteiger partial charge in [-0.25, -0.2) is 0 Å². The van der Waals surface area contributed by atoms with Crippen LogP contribution in [0, 0.1) is 6.92 Å². The van der Waals surface area contributed by atoms with Crippen molar-refractivity contribution >= 4 is 0 Å². The second-order valence-corrected chi connectivity index (χ2v) is 5.55. The van der Waals surface area contributed by atoms with Crippen molar-refractivity contribution in [3.63, 3.8) is 0 Å². The molecule has 0 saturated carbocycles. The first kappa shape index (κ1) is 12.4. The van der Waals surface area contributed by atoms with Crippen LogP contribution in [0.1, 0.15) is 24.0 Å². The summed E-state index contributed by atoms with van der Waals surface area (Å²) in [5.74, 6) is 0. The predicted molar refractivity (Wildman–Crippen MR) is 81.1 cm³/mol. The van der Waals surface area contributed by atoms with Gasteiger partial charge in [0.15, 0.2) is 0 Å². The molecule has 0 bridgehead atoms. The van der Waals surface area contributed by atoms with Crippen LogP contribution in [0.4, 0.5) is 0 Å². The Balaban J connectivity index is 1.82. The van der Waals surface area contributed by atoms with Crippen LogP contribution in [0.2, 0.25) is 0 Å². The lowest BCUT2D eigenvalue weighted by molar-refractivity contribution is 0.331. The van der Waals surface area contributed by atoms with E-state index in [0.29, 0.717) is 0 Å². The summed E-state index contributed by atoms with van der Waals surface area (Å²) in [5.41, 5.74) is 5.41. The zero-order chi connectivity index (χ0) is 13.1. The quantitative estimate of drug-likeness (QED) is 0.788. The minimum absolute atomic E-state index is 1.10. The van der Waals surface area contributed by atoms with E-state index in [1.165, 1.54) is 48.2 Å². The van der Waals surface area contributed by atoms with Crippen molar-refractivity contribution in [2.24, 2.45) is 0 Å². The lowest BCUT2D eigenvalue weighted by Gasteiger charge is -2.15. The van der Waals surface area contributed by atoms with E-state index < -0.39 is 0 Å². The first-order chi connectivity index (χ1) is 9.31. The largest absolute Gasteiger partial charge is 0.299 e. The molecule has 1 heteroatoms. The van der Waals surface area contributed by atoms with Crippen LogP contribution < -0.4 is 0 Å². The Morgan fingerprint density at radius 2 is 1.58 bits per heavy atom. The van der Waals surface area contributed by atoms with Crippen LogP contribution in [-0.2, 0) is 6.54 Å². The van der Waals surface area contributed by atoms with E-state index in [1.54, 1.807) is 0 Å². The topological polar surface area (TPSA) is 3.24 Å². The van der Waals surface area contributed by atoms with Gasteiger partial charge in [0.05, 0.1) is 0 Å². The molecule has 0 aromatic heterocycles. The Hall–Kier alpha value is -1.60. The number of aryl methyl sites for hydroxylation is 1. The zero-order valence-electron chi connectivity index (χ0n) is 11.6. The molecule has 1 fully saturated rings. The molecule has 1 aliphatic rings. The fourth-order valence-corrected chi connectivity index (χ4v) is 2.87. The van der Waals surface area contributed by atoms with E-state index in [4.69, 9.17) is 0 Å². The second kappa shape index (κ2) is 5.58. The third kappa shape index (κ3) is 3.05. The minimum atomic E-state index is 1.10. The van der Waals surface area contributed by atoms with Crippen LogP contribution in [0.25, 0.3) is 11.1 Å². The molecule has 0 N–H and O–H groups in total. The number of hydrogen-bond donors (Lipinski definition) is 0. The Kier molecular flexibility index (Phi) is 3.65. The van der Waals surface area contributed by atoms with E-state index in [9.17, 15) is 0 Å². The molecule has 0 spiro atoms. The van der Waals surface area contributed by atoms with Crippen LogP contribution in [0.3, 0.4) is 0 Å². The van der Waals surface area contributed by atoms with Gasteiger partial charge in [-0.1, -0.05) is 48.0 Å². The number of likely N-dealkylation sites (tertiary alicyclic amines) is 1. The molecule has 0 atom stereocenters. The van der Waals surface area contributed by atoms with Gasteiger partial charge in [0.1, 0.15) is 0 Å². The summed E-state index contributed by atoms with van der Waals surface area (Å²) in [6.45, 7) is 5.76. The number of hydrogen-bond acceptors (Lipinski definition) is 1. The lowest BCUT2D eigenvalue weighted by Crippen LogP contribution is -2.18. The maximum atomic E-state index is 2.55. The molecule has 1 nitrogen and oxygen atoms in total. The van der Waals surface area contributed by atoms with Crippen LogP contribution in [0.15, 0.2) is 48.5 Å². The second-order valence-electron chi connectivity index (χ2n) is 5.55. The molecule has 19 heavy (non-hydrogen) atoms. The van der Waals surface area contributed by atoms with Gasteiger partial charge in [0, 0.05) is 6.54 Å². The molecule has 2 aromatic carbocycles. The van der Waals surface area contributed by atoms with Gasteiger partial charge < -0.3 is 0 Å². The highest BCUT2D eigenvalue weighted by atomic mass is 15.1. The predicted octanol–water partition coefficient (Wildman–Crippen LogP) is 4.26. The van der Waals surface area contributed by atoms with Crippen molar-refractivity contribution in [1.82, 2.24) is 4.90 Å². The van der Waals surface area contributed by atoms with E-state index in [0.717, 1.165) is 6.54 Å². The first-order valence-corrected chi connectivity index (χ1v) is 7.19. The van der Waals surface area contributed by atoms with Gasteiger partial charge in [-0.2, -0.15) is 0 Å². The fraction of sp³-hybridized carbons (Fsp3) is 0.333. The van der Waals surface area contributed by atoms with Gasteiger partial charge in [-0.3, -0.25) is 4.90 Å². The summed E-state index contributed by atoms with van der Waals surface area (Å²) in [6.07, 6.45) is 2.72. The minimum Gasteiger partial charge on any atom is -0.299 e. The molecule has 0 aliphatic carbocycles. The highest BCUT2D eigenvalue weighted by Crippen LogP contribution is 2.22. The monoisotopic (exact) mass is 251 g/mol. The Bertz CT molecular complexity index is 553. The molecular weight excluding hydrogens is 230 g/mol. The molecule has 1 aliphatic heterocycles. The van der Waals surface area contributed by atoms with Crippen molar-refractivity contribution in [1.29, 1.82) is 0 Å². The standard InChI is InChI=1S/C18H21N/c1-15-6-4-8-17(12-15)18-9-5-7-16(13-18)14-19-10-2-3-11-19/h4-9,12-13H,2-3,10-11,14H2,1H3. The summed E-state index contributed by atoms with van der Waals surface area (Å²) in [4.78, 5) is 2.55. The van der Waals surface area contributed by atoms with Crippen LogP contribution in [0.5, 0.6) is 0 Å². The van der Waals surface area contributed by atoms with Crippen molar-refractivity contribution in [3.8, 4) is 11.1 Å². The SMILES string of the molecule is Cc1cccc(-c2cccc(CN3CCCC3)c2)c1. The van der Waals surface area contributed by atoms with Gasteiger partial charge in [-0.15, -0.1) is 0 Å². The highest BCUT2D eigenvalue weighted by Gasteiger charge is 2.11. The molecule has 98 valence electrons. The molecule has 0 amide bonds. The molecule has 3 rings (SSSR count). The van der Waals surface area contributed by atoms with Crippen molar-refractivity contribution in [2.45, 2.75) is 26.3 Å². The maximum absolute atomic E-state index is 2.55. The summed E-state index contributed by atoms with van der Waals surface area (Å²) in [7, 11) is 0. The normalized spacial score (nSPS) is 15.8. The maximum Gasteiger partial charge on any atom is 0.0233 e. The van der Waals surface area contributed by atoms with E-state index in [2.05, 4.69) is 60.4 Å². The van der Waals surface area contributed by atoms with Crippen LogP contribution >= 0.6 is 0 Å². The molecule has 0 radical (unpaired) electrons. The Morgan fingerprint density at radius 3 is 2.32 bits per heavy atom. The average Bonchev–Trinajstić information content (AvgIpc) is 2.92. The number of benzene rings is 2. The molecule has 0 unspecified atom stereocenters. The number of nitrogens with zero attached hydrogens (tertiary/aromatic N) is 1. The van der Waals surface area contributed by atoms with Gasteiger partial charge in [0.2, 0.25) is 0 Å². The van der Waals surface area contributed by atoms with Crippen molar-refractivity contribution in [3.05, 3.63) is 59.7 Å². The highest BCUT2D eigenvalue weighted by molar-refractivity contribution is 5.64. The molecule has 2 aromatic rings. The smallest absolute Gasteiger partial charge is 0.0233 e. The summed E-state index contributed by atoms with van der Waals surface area (Å²) < 4.78 is 0. The lowest BCUT2D eigenvalue weighted by atomic mass is 10.0. The number of rotatable bonds is 3. The average molecular weight is 251 g/mol. The summed E-state index contributed by atoms with van der Waals surface area (Å²) >= 11 is 0. The van der Waals surface area contributed by atoms with E-state index in [1.807, 2.05) is 0 Å². The third-order valence-electron chi connectivity index (χ3n) is 3.88. The van der Waals surface area contributed by atoms with Gasteiger partial charge in [0.25, 0.3) is 0 Å². The van der Waals surface area contributed by atoms with Crippen molar-refractivity contribution in [2.75, 3.05) is 13.1 Å². The summed E-state index contributed by atoms with van der Waals surface area (Å²) in [5, 5.41) is 0. The fourth-order valence-electron chi connectivity index (χ4n) is 2.87.